The zero-order valence-electron chi connectivity index (χ0n) is 19.7. The van der Waals surface area contributed by atoms with Gasteiger partial charge in [-0.2, -0.15) is 10.2 Å². The number of benzene rings is 1. The Morgan fingerprint density at radius 1 is 1.32 bits per heavy atom. The lowest BCUT2D eigenvalue weighted by Gasteiger charge is -2.32. The van der Waals surface area contributed by atoms with E-state index in [9.17, 15) is 10.1 Å². The van der Waals surface area contributed by atoms with Gasteiger partial charge in [0.1, 0.15) is 11.8 Å². The Kier molecular flexibility index (Phi) is 7.18. The van der Waals surface area contributed by atoms with E-state index in [0.29, 0.717) is 44.1 Å². The summed E-state index contributed by atoms with van der Waals surface area (Å²) >= 11 is 0. The van der Waals surface area contributed by atoms with Gasteiger partial charge in [-0.15, -0.1) is 0 Å². The van der Waals surface area contributed by atoms with E-state index in [-0.39, 0.29) is 29.5 Å². The largest absolute Gasteiger partial charge is 0.497 e. The molecule has 9 nitrogen and oxygen atoms in total. The molecule has 0 spiro atoms. The van der Waals surface area contributed by atoms with Crippen molar-refractivity contribution in [2.75, 3.05) is 45.7 Å². The summed E-state index contributed by atoms with van der Waals surface area (Å²) in [6.07, 6.45) is 2.86. The monoisotopic (exact) mass is 463 g/mol. The molecule has 1 aliphatic rings. The quantitative estimate of drug-likeness (QED) is 0.541. The topological polar surface area (TPSA) is 108 Å². The lowest BCUT2D eigenvalue weighted by molar-refractivity contribution is -0.125. The van der Waals surface area contributed by atoms with Crippen molar-refractivity contribution in [3.8, 4) is 23.5 Å². The molecule has 34 heavy (non-hydrogen) atoms. The van der Waals surface area contributed by atoms with Crippen molar-refractivity contribution < 1.29 is 18.4 Å². The highest BCUT2D eigenvalue weighted by Gasteiger charge is 2.29. The molecule has 9 heteroatoms. The first-order chi connectivity index (χ1) is 16.5. The number of hydrogen-bond donors (Lipinski definition) is 1. The predicted octanol–water partition coefficient (Wildman–Crippen LogP) is 3.45. The number of nitrogens with zero attached hydrogens (tertiary/aromatic N) is 4. The Balaban J connectivity index is 1.35. The number of oxazole rings is 1. The summed E-state index contributed by atoms with van der Waals surface area (Å²) in [4.78, 5) is 21.2. The molecule has 0 bridgehead atoms. The van der Waals surface area contributed by atoms with Gasteiger partial charge in [0.25, 0.3) is 5.89 Å². The zero-order chi connectivity index (χ0) is 24.1. The molecule has 3 aromatic rings. The summed E-state index contributed by atoms with van der Waals surface area (Å²) in [7, 11) is 5.64. The van der Waals surface area contributed by atoms with Gasteiger partial charge in [0, 0.05) is 25.6 Å². The number of nitrogens with one attached hydrogen (secondary N) is 1. The first-order valence-corrected chi connectivity index (χ1v) is 11.3. The second kappa shape index (κ2) is 10.4. The fraction of sp³-hybridized carbons (Fsp3) is 0.400. The van der Waals surface area contributed by atoms with E-state index in [1.54, 1.807) is 19.2 Å². The van der Waals surface area contributed by atoms with E-state index < -0.39 is 0 Å². The number of furan rings is 1. The van der Waals surface area contributed by atoms with Crippen LogP contribution in [0.4, 0.5) is 5.88 Å². The standard InChI is InChI=1S/C25H29N5O4/c1-29(2)21(18-6-4-7-19(14-18)32-3)16-27-23(31)17-9-11-30(12-10-17)25-20(15-26)28-24(34-25)22-8-5-13-33-22/h4-8,13-14,17,21H,9-12,16H2,1-3H3,(H,27,31)/t21-/m1/s1. The molecule has 1 N–H and O–H groups in total. The van der Waals surface area contributed by atoms with E-state index in [4.69, 9.17) is 13.6 Å². The molecule has 4 rings (SSSR count). The smallest absolute Gasteiger partial charge is 0.266 e. The van der Waals surface area contributed by atoms with Gasteiger partial charge < -0.3 is 28.7 Å². The number of piperidine rings is 1. The maximum atomic E-state index is 12.9. The van der Waals surface area contributed by atoms with Crippen LogP contribution in [0.2, 0.25) is 0 Å². The van der Waals surface area contributed by atoms with Crippen molar-refractivity contribution in [3.05, 3.63) is 53.9 Å². The van der Waals surface area contributed by atoms with Crippen LogP contribution in [0.1, 0.15) is 30.1 Å². The third-order valence-electron chi connectivity index (χ3n) is 6.17. The van der Waals surface area contributed by atoms with Crippen LogP contribution in [0.5, 0.6) is 5.75 Å². The second-order valence-electron chi connectivity index (χ2n) is 8.52. The number of carbonyl (C=O) groups excluding carboxylic acids is 1. The molecule has 1 aliphatic heterocycles. The van der Waals surface area contributed by atoms with Crippen LogP contribution in [0.15, 0.2) is 51.5 Å². The number of rotatable bonds is 8. The highest BCUT2D eigenvalue weighted by atomic mass is 16.5. The number of anilines is 1. The number of aromatic nitrogens is 1. The first-order valence-electron chi connectivity index (χ1n) is 11.3. The molecular formula is C25H29N5O4. The lowest BCUT2D eigenvalue weighted by atomic mass is 9.95. The minimum atomic E-state index is -0.0950. The highest BCUT2D eigenvalue weighted by Crippen LogP contribution is 2.31. The van der Waals surface area contributed by atoms with Gasteiger partial charge in [0.2, 0.25) is 17.5 Å². The van der Waals surface area contributed by atoms with Crippen LogP contribution in [-0.4, -0.2) is 56.6 Å². The zero-order valence-corrected chi connectivity index (χ0v) is 19.7. The Labute approximate surface area is 198 Å². The average Bonchev–Trinajstić information content (AvgIpc) is 3.54. The molecule has 2 aromatic heterocycles. The fourth-order valence-corrected chi connectivity index (χ4v) is 4.24. The molecule has 3 heterocycles. The average molecular weight is 464 g/mol. The van der Waals surface area contributed by atoms with Gasteiger partial charge in [0.15, 0.2) is 5.76 Å². The number of ether oxygens (including phenoxy) is 1. The molecule has 1 fully saturated rings. The minimum Gasteiger partial charge on any atom is -0.497 e. The van der Waals surface area contributed by atoms with E-state index >= 15 is 0 Å². The number of carbonyl (C=O) groups is 1. The normalized spacial score (nSPS) is 15.2. The van der Waals surface area contributed by atoms with Crippen LogP contribution >= 0.6 is 0 Å². The summed E-state index contributed by atoms with van der Waals surface area (Å²) in [6.45, 7) is 1.71. The molecular weight excluding hydrogens is 434 g/mol. The molecule has 0 radical (unpaired) electrons. The third-order valence-corrected chi connectivity index (χ3v) is 6.17. The Hall–Kier alpha value is -3.77. The van der Waals surface area contributed by atoms with Crippen LogP contribution in [0.25, 0.3) is 11.7 Å². The molecule has 178 valence electrons. The van der Waals surface area contributed by atoms with Crippen molar-refractivity contribution in [2.45, 2.75) is 18.9 Å². The fourth-order valence-electron chi connectivity index (χ4n) is 4.24. The number of hydrogen-bond acceptors (Lipinski definition) is 8. The molecule has 1 saturated heterocycles. The van der Waals surface area contributed by atoms with Gasteiger partial charge in [0.05, 0.1) is 19.4 Å². The number of amides is 1. The van der Waals surface area contributed by atoms with Gasteiger partial charge in [-0.1, -0.05) is 12.1 Å². The van der Waals surface area contributed by atoms with Crippen molar-refractivity contribution >= 4 is 11.8 Å². The van der Waals surface area contributed by atoms with E-state index in [2.05, 4.69) is 21.3 Å². The number of likely N-dealkylation sites (N-methyl/N-ethyl adjacent to an activating group) is 1. The van der Waals surface area contributed by atoms with Gasteiger partial charge >= 0.3 is 0 Å². The first kappa shape index (κ1) is 23.4. The van der Waals surface area contributed by atoms with Crippen LogP contribution in [-0.2, 0) is 4.79 Å². The van der Waals surface area contributed by atoms with Crippen LogP contribution < -0.4 is 15.0 Å². The van der Waals surface area contributed by atoms with Gasteiger partial charge in [-0.25, -0.2) is 0 Å². The molecule has 0 saturated carbocycles. The van der Waals surface area contributed by atoms with E-state index in [0.717, 1.165) is 11.3 Å². The van der Waals surface area contributed by atoms with Crippen molar-refractivity contribution in [3.63, 3.8) is 0 Å². The lowest BCUT2D eigenvalue weighted by Crippen LogP contribution is -2.42. The van der Waals surface area contributed by atoms with Crippen LogP contribution in [0, 0.1) is 17.2 Å². The van der Waals surface area contributed by atoms with Crippen molar-refractivity contribution in [1.29, 1.82) is 5.26 Å². The number of methoxy groups -OCH3 is 1. The Bertz CT molecular complexity index is 1140. The minimum absolute atomic E-state index is 0.0338. The van der Waals surface area contributed by atoms with E-state index in [1.165, 1.54) is 6.26 Å². The second-order valence-corrected chi connectivity index (χ2v) is 8.52. The summed E-state index contributed by atoms with van der Waals surface area (Å²) in [5, 5.41) is 12.6. The molecule has 1 atom stereocenters. The SMILES string of the molecule is COc1cccc([C@@H](CNC(=O)C2CCN(c3oc(-c4ccco4)nc3C#N)CC2)N(C)C)c1. The van der Waals surface area contributed by atoms with Crippen molar-refractivity contribution in [2.24, 2.45) is 5.92 Å². The summed E-state index contributed by atoms with van der Waals surface area (Å²) in [6, 6.07) is 13.5. The summed E-state index contributed by atoms with van der Waals surface area (Å²) < 4.78 is 16.5. The molecule has 0 unspecified atom stereocenters. The molecule has 1 aromatic carbocycles. The Morgan fingerprint density at radius 2 is 2.12 bits per heavy atom. The van der Waals surface area contributed by atoms with Crippen LogP contribution in [0.3, 0.4) is 0 Å². The number of nitriles is 1. The summed E-state index contributed by atoms with van der Waals surface area (Å²) in [5.74, 6) is 1.93. The maximum absolute atomic E-state index is 12.9. The maximum Gasteiger partial charge on any atom is 0.266 e. The predicted molar refractivity (Wildman–Crippen MR) is 126 cm³/mol. The van der Waals surface area contributed by atoms with Crippen molar-refractivity contribution in [1.82, 2.24) is 15.2 Å². The molecule has 0 aliphatic carbocycles. The Morgan fingerprint density at radius 3 is 2.76 bits per heavy atom. The molecule has 1 amide bonds. The van der Waals surface area contributed by atoms with E-state index in [1.807, 2.05) is 43.3 Å². The highest BCUT2D eigenvalue weighted by molar-refractivity contribution is 5.79. The van der Waals surface area contributed by atoms with Gasteiger partial charge in [-0.05, 0) is 56.8 Å². The third kappa shape index (κ3) is 5.07. The summed E-state index contributed by atoms with van der Waals surface area (Å²) in [5.41, 5.74) is 1.31. The van der Waals surface area contributed by atoms with Gasteiger partial charge in [-0.3, -0.25) is 4.79 Å².